The van der Waals surface area contributed by atoms with Crippen LogP contribution in [0.5, 0.6) is 0 Å². The molecule has 0 aromatic heterocycles. The van der Waals surface area contributed by atoms with Crippen molar-refractivity contribution in [1.82, 2.24) is 0 Å². The van der Waals surface area contributed by atoms with Crippen LogP contribution in [-0.2, 0) is 4.79 Å². The number of hydrogen-bond acceptors (Lipinski definition) is 1. The zero-order valence-electron chi connectivity index (χ0n) is 10.3. The van der Waals surface area contributed by atoms with E-state index in [1.54, 1.807) is 0 Å². The van der Waals surface area contributed by atoms with Crippen molar-refractivity contribution in [2.75, 3.05) is 10.8 Å². The van der Waals surface area contributed by atoms with E-state index in [0.717, 1.165) is 5.69 Å². The topological polar surface area (TPSA) is 20.3 Å². The molecule has 1 amide bonds. The normalized spacial score (nSPS) is 16.6. The number of benzene rings is 1. The molecule has 1 unspecified atom stereocenters. The maximum atomic E-state index is 12.0. The van der Waals surface area contributed by atoms with Gasteiger partial charge in [0.2, 0.25) is 5.91 Å². The summed E-state index contributed by atoms with van der Waals surface area (Å²) in [5, 5.41) is 0. The number of aryl methyl sites for hydroxylation is 1. The Balaban J connectivity index is 2.25. The van der Waals surface area contributed by atoms with Gasteiger partial charge in [-0.05, 0) is 44.7 Å². The summed E-state index contributed by atoms with van der Waals surface area (Å²) in [7, 11) is 0. The van der Waals surface area contributed by atoms with Crippen molar-refractivity contribution in [2.45, 2.75) is 32.7 Å². The van der Waals surface area contributed by atoms with Crippen molar-refractivity contribution >= 4 is 23.2 Å². The Morgan fingerprint density at radius 2 is 2.00 bits per heavy atom. The molecular formula is C14H18ClNO. The molecule has 92 valence electrons. The molecule has 1 fully saturated rings. The predicted octanol–water partition coefficient (Wildman–Crippen LogP) is 3.37. The number of carbonyl (C=O) groups excluding carboxylic acids is 1. The highest BCUT2D eigenvalue weighted by Gasteiger charge is 2.34. The molecule has 1 aromatic rings. The molecule has 3 heteroatoms. The van der Waals surface area contributed by atoms with E-state index >= 15 is 0 Å². The first-order valence-electron chi connectivity index (χ1n) is 6.08. The minimum atomic E-state index is -0.00470. The first-order valence-corrected chi connectivity index (χ1v) is 6.61. The van der Waals surface area contributed by atoms with Crippen LogP contribution in [0, 0.1) is 12.8 Å². The summed E-state index contributed by atoms with van der Waals surface area (Å²) in [4.78, 5) is 13.8. The summed E-state index contributed by atoms with van der Waals surface area (Å²) in [5.41, 5.74) is 2.16. The summed E-state index contributed by atoms with van der Waals surface area (Å²) in [6, 6.07) is 8.31. The summed E-state index contributed by atoms with van der Waals surface area (Å²) >= 11 is 5.71. The lowest BCUT2D eigenvalue weighted by atomic mass is 10.1. The van der Waals surface area contributed by atoms with E-state index in [2.05, 4.69) is 6.92 Å². The zero-order chi connectivity index (χ0) is 12.4. The molecule has 1 saturated carbocycles. The van der Waals surface area contributed by atoms with Gasteiger partial charge in [-0.25, -0.2) is 0 Å². The van der Waals surface area contributed by atoms with Crippen LogP contribution in [0.4, 0.5) is 5.69 Å². The van der Waals surface area contributed by atoms with Crippen molar-refractivity contribution in [3.05, 3.63) is 29.8 Å². The van der Waals surface area contributed by atoms with Crippen molar-refractivity contribution in [3.8, 4) is 0 Å². The molecule has 1 aromatic carbocycles. The highest BCUT2D eigenvalue weighted by Crippen LogP contribution is 2.37. The van der Waals surface area contributed by atoms with Crippen molar-refractivity contribution in [1.29, 1.82) is 0 Å². The van der Waals surface area contributed by atoms with Crippen LogP contribution in [0.1, 0.15) is 25.3 Å². The van der Waals surface area contributed by atoms with Gasteiger partial charge in [-0.3, -0.25) is 4.79 Å². The van der Waals surface area contributed by atoms with Crippen LogP contribution in [0.2, 0.25) is 0 Å². The summed E-state index contributed by atoms with van der Waals surface area (Å²) in [6.07, 6.45) is 2.44. The number of alkyl halides is 1. The van der Waals surface area contributed by atoms with E-state index < -0.39 is 0 Å². The van der Waals surface area contributed by atoms with Crippen LogP contribution >= 0.6 is 11.6 Å². The number of rotatable bonds is 4. The van der Waals surface area contributed by atoms with E-state index in [1.165, 1.54) is 18.4 Å². The molecule has 2 nitrogen and oxygen atoms in total. The lowest BCUT2D eigenvalue weighted by molar-refractivity contribution is -0.116. The molecule has 17 heavy (non-hydrogen) atoms. The van der Waals surface area contributed by atoms with E-state index in [0.29, 0.717) is 5.92 Å². The van der Waals surface area contributed by atoms with Gasteiger partial charge in [0.15, 0.2) is 0 Å². The van der Waals surface area contributed by atoms with Crippen LogP contribution in [-0.4, -0.2) is 17.8 Å². The second-order valence-electron chi connectivity index (χ2n) is 4.81. The Labute approximate surface area is 108 Å². The molecule has 1 aliphatic rings. The third-order valence-electron chi connectivity index (χ3n) is 3.41. The number of hydrogen-bond donors (Lipinski definition) is 0. The molecule has 0 bridgehead atoms. The van der Waals surface area contributed by atoms with Gasteiger partial charge in [0.05, 0.1) is 0 Å². The SMILES string of the molecule is Cc1ccc(N(C(=O)CCl)C(C)C2CC2)cc1. The molecule has 0 heterocycles. The van der Waals surface area contributed by atoms with Crippen molar-refractivity contribution < 1.29 is 4.79 Å². The second kappa shape index (κ2) is 5.09. The number of nitrogens with zero attached hydrogens (tertiary/aromatic N) is 1. The second-order valence-corrected chi connectivity index (χ2v) is 5.08. The standard InChI is InChI=1S/C14H18ClNO/c1-10-3-7-13(8-4-10)16(14(17)9-15)11(2)12-5-6-12/h3-4,7-8,11-12H,5-6,9H2,1-2H3. The molecule has 0 saturated heterocycles. The predicted molar refractivity (Wildman–Crippen MR) is 71.6 cm³/mol. The summed E-state index contributed by atoms with van der Waals surface area (Å²) in [5.74, 6) is 0.684. The van der Waals surface area contributed by atoms with Gasteiger partial charge in [-0.2, -0.15) is 0 Å². The van der Waals surface area contributed by atoms with Crippen molar-refractivity contribution in [2.24, 2.45) is 5.92 Å². The van der Waals surface area contributed by atoms with E-state index in [1.807, 2.05) is 36.1 Å². The average Bonchev–Trinajstić information content (AvgIpc) is 3.15. The van der Waals surface area contributed by atoms with Gasteiger partial charge in [-0.15, -0.1) is 11.6 Å². The first-order chi connectivity index (χ1) is 8.13. The van der Waals surface area contributed by atoms with Gasteiger partial charge < -0.3 is 4.90 Å². The lowest BCUT2D eigenvalue weighted by Gasteiger charge is -2.29. The molecule has 0 aliphatic heterocycles. The Kier molecular flexibility index (Phi) is 3.72. The van der Waals surface area contributed by atoms with E-state index in [-0.39, 0.29) is 17.8 Å². The third-order valence-corrected chi connectivity index (χ3v) is 3.64. The molecule has 0 N–H and O–H groups in total. The van der Waals surface area contributed by atoms with Crippen molar-refractivity contribution in [3.63, 3.8) is 0 Å². The zero-order valence-corrected chi connectivity index (χ0v) is 11.1. The quantitative estimate of drug-likeness (QED) is 0.752. The molecular weight excluding hydrogens is 234 g/mol. The maximum Gasteiger partial charge on any atom is 0.242 e. The third kappa shape index (κ3) is 2.81. The number of carbonyl (C=O) groups is 1. The Morgan fingerprint density at radius 3 is 2.47 bits per heavy atom. The van der Waals surface area contributed by atoms with E-state index in [4.69, 9.17) is 11.6 Å². The fourth-order valence-electron chi connectivity index (χ4n) is 2.17. The average molecular weight is 252 g/mol. The monoisotopic (exact) mass is 251 g/mol. The fourth-order valence-corrected chi connectivity index (χ4v) is 2.29. The maximum absolute atomic E-state index is 12.0. The Hall–Kier alpha value is -1.02. The summed E-state index contributed by atoms with van der Waals surface area (Å²) < 4.78 is 0. The molecule has 1 atom stereocenters. The summed E-state index contributed by atoms with van der Waals surface area (Å²) in [6.45, 7) is 4.16. The highest BCUT2D eigenvalue weighted by atomic mass is 35.5. The molecule has 0 radical (unpaired) electrons. The largest absolute Gasteiger partial charge is 0.308 e. The van der Waals surface area contributed by atoms with Gasteiger partial charge in [0.1, 0.15) is 5.88 Å². The van der Waals surface area contributed by atoms with Crippen LogP contribution < -0.4 is 4.90 Å². The van der Waals surface area contributed by atoms with Gasteiger partial charge >= 0.3 is 0 Å². The number of amides is 1. The van der Waals surface area contributed by atoms with Crippen LogP contribution in [0.25, 0.3) is 0 Å². The van der Waals surface area contributed by atoms with Gasteiger partial charge in [0.25, 0.3) is 0 Å². The number of halogens is 1. The minimum Gasteiger partial charge on any atom is -0.308 e. The first kappa shape index (κ1) is 12.4. The Bertz CT molecular complexity index is 397. The fraction of sp³-hybridized carbons (Fsp3) is 0.500. The number of anilines is 1. The molecule has 2 rings (SSSR count). The van der Waals surface area contributed by atoms with Crippen LogP contribution in [0.3, 0.4) is 0 Å². The smallest absolute Gasteiger partial charge is 0.242 e. The lowest BCUT2D eigenvalue weighted by Crippen LogP contribution is -2.40. The van der Waals surface area contributed by atoms with Gasteiger partial charge in [0, 0.05) is 11.7 Å². The minimum absolute atomic E-state index is 0.00470. The Morgan fingerprint density at radius 1 is 1.41 bits per heavy atom. The molecule has 0 spiro atoms. The van der Waals surface area contributed by atoms with Gasteiger partial charge in [-0.1, -0.05) is 17.7 Å². The molecule has 1 aliphatic carbocycles. The van der Waals surface area contributed by atoms with E-state index in [9.17, 15) is 4.79 Å². The van der Waals surface area contributed by atoms with Crippen LogP contribution in [0.15, 0.2) is 24.3 Å². The highest BCUT2D eigenvalue weighted by molar-refractivity contribution is 6.29.